The average molecular weight is 1660 g/mol. The van der Waals surface area contributed by atoms with E-state index in [0.717, 1.165) is 11.8 Å². The number of benzene rings is 2. The second-order valence-corrected chi connectivity index (χ2v) is 30.9. The van der Waals surface area contributed by atoms with Crippen LogP contribution in [0.1, 0.15) is 145 Å². The van der Waals surface area contributed by atoms with Crippen molar-refractivity contribution in [3.05, 3.63) is 83.9 Å². The topological polar surface area (TPSA) is 652 Å². The highest BCUT2D eigenvalue weighted by Crippen LogP contribution is 2.19. The van der Waals surface area contributed by atoms with Crippen LogP contribution in [0.25, 0.3) is 0 Å². The molecule has 2 aromatic carbocycles. The molecule has 39 nitrogen and oxygen atoms in total. The Kier molecular flexibility index (Phi) is 43.7. The summed E-state index contributed by atoms with van der Waals surface area (Å²) >= 11 is 0.810. The van der Waals surface area contributed by atoms with Gasteiger partial charge in [0.25, 0.3) is 0 Å². The molecule has 0 aliphatic carbocycles. The molecule has 117 heavy (non-hydrogen) atoms. The Bertz CT molecular complexity index is 3800. The molecular formula is C77H123N23O16S. The number of primary amides is 1. The summed E-state index contributed by atoms with van der Waals surface area (Å²) in [5.41, 5.74) is 40.1. The van der Waals surface area contributed by atoms with E-state index in [0.29, 0.717) is 24.0 Å². The standard InChI is InChI=1S/C77H123N23O16S/c1-12-43(9)60-72(114)92-49(27-21-32-86-76(81)82)64(106)93-53(36-57(103)104)69(111)99-62(45(11)30-33-87-77(83)84)74(116)96-58(41(5)6)70(112)94-52(35-47-24-18-15-19-25-47)68(110)90-48(26-20-31-85-75(79)80)65(107)95-54(63(105)88-37-55(78)101)38-117-39-56(102)89-51(34-46-22-16-14-17-23-46)67(109)91-50(29-28-40(3)4)66(108)98-61(44(10)13-2)73(115)97-59(42(7)8)71(113)100-60/h14-19,22-25,40-44,48-54,58-62H,11-13,20-21,26-39H2,1-10H3,(H2,78,101)(H,88,105)(H,89,102)(H,90,110)(H,91,109)(H,92,114)(H,93,106)(H,94,112)(H,95,107)(H,96,116)(H,97,115)(H,98,108)(H,99,111)(H,100,113)(H,103,104)(H4,79,80,85)(H4,81,82,86)(H4,83,84,87). The maximum Gasteiger partial charge on any atom is 0.305 e. The second kappa shape index (κ2) is 51.4. The van der Waals surface area contributed by atoms with Crippen LogP contribution in [0.5, 0.6) is 0 Å². The van der Waals surface area contributed by atoms with E-state index in [1.165, 1.54) is 13.8 Å². The zero-order chi connectivity index (χ0) is 87.8. The Hall–Kier alpha value is -11.6. The van der Waals surface area contributed by atoms with Crippen LogP contribution < -0.4 is 109 Å². The summed E-state index contributed by atoms with van der Waals surface area (Å²) in [7, 11) is 0. The van der Waals surface area contributed by atoms with Crippen molar-refractivity contribution in [3.63, 3.8) is 0 Å². The molecule has 40 heteroatoms. The number of carbonyl (C=O) groups excluding carboxylic acids is 14. The summed E-state index contributed by atoms with van der Waals surface area (Å²) in [6.07, 6.45) is -1.34. The summed E-state index contributed by atoms with van der Waals surface area (Å²) in [5.74, 6) is -19.9. The van der Waals surface area contributed by atoms with E-state index in [4.69, 9.17) is 40.1 Å². The summed E-state index contributed by atoms with van der Waals surface area (Å²) in [6.45, 7) is 19.7. The predicted octanol–water partition coefficient (Wildman–Crippen LogP) is -3.72. The summed E-state index contributed by atoms with van der Waals surface area (Å²) < 4.78 is 0. The summed E-state index contributed by atoms with van der Waals surface area (Å²) in [6, 6.07) is -2.03. The quantitative estimate of drug-likeness (QED) is 0.0155. The highest BCUT2D eigenvalue weighted by atomic mass is 32.2. The zero-order valence-electron chi connectivity index (χ0n) is 68.4. The zero-order valence-corrected chi connectivity index (χ0v) is 69.2. The van der Waals surface area contributed by atoms with E-state index in [-0.39, 0.29) is 107 Å². The largest absolute Gasteiger partial charge is 0.481 e. The molecule has 0 radical (unpaired) electrons. The number of nitrogens with one attached hydrogen (secondary N) is 13. The second-order valence-electron chi connectivity index (χ2n) is 29.9. The number of guanidine groups is 3. The normalized spacial score (nSPS) is 23.3. The van der Waals surface area contributed by atoms with Crippen molar-refractivity contribution in [2.24, 2.45) is 84.7 Å². The minimum Gasteiger partial charge on any atom is -0.481 e. The van der Waals surface area contributed by atoms with Crippen LogP contribution >= 0.6 is 11.8 Å². The van der Waals surface area contributed by atoms with E-state index in [9.17, 15) is 72.2 Å². The van der Waals surface area contributed by atoms with Crippen molar-refractivity contribution in [1.29, 1.82) is 0 Å². The number of hydrogen-bond donors (Lipinski definition) is 21. The third-order valence-corrected chi connectivity index (χ3v) is 20.1. The molecule has 14 unspecified atom stereocenters. The van der Waals surface area contributed by atoms with Crippen LogP contribution in [0.3, 0.4) is 0 Å². The first kappa shape index (κ1) is 99.6. The van der Waals surface area contributed by atoms with E-state index in [1.54, 1.807) is 102 Å². The smallest absolute Gasteiger partial charge is 0.305 e. The molecule has 14 amide bonds. The van der Waals surface area contributed by atoms with Gasteiger partial charge in [0.05, 0.1) is 18.7 Å². The van der Waals surface area contributed by atoms with Gasteiger partial charge in [-0.3, -0.25) is 86.9 Å². The van der Waals surface area contributed by atoms with Crippen molar-refractivity contribution in [3.8, 4) is 0 Å². The van der Waals surface area contributed by atoms with Crippen LogP contribution in [0.2, 0.25) is 0 Å². The lowest BCUT2D eigenvalue weighted by atomic mass is 9.94. The monoisotopic (exact) mass is 1660 g/mol. The first-order chi connectivity index (χ1) is 55.2. The number of amides is 14. The molecule has 0 aromatic heterocycles. The molecule has 0 spiro atoms. The van der Waals surface area contributed by atoms with Gasteiger partial charge in [-0.2, -0.15) is 0 Å². The van der Waals surface area contributed by atoms with Crippen LogP contribution in [-0.4, -0.2) is 222 Å². The number of carbonyl (C=O) groups is 15. The number of rotatable bonds is 30. The van der Waals surface area contributed by atoms with Gasteiger partial charge in [0.2, 0.25) is 82.7 Å². The summed E-state index contributed by atoms with van der Waals surface area (Å²) in [4.78, 5) is 228. The number of hydrogen-bond acceptors (Lipinski definition) is 19. The lowest BCUT2D eigenvalue weighted by Gasteiger charge is -2.32. The Morgan fingerprint density at radius 1 is 0.470 bits per heavy atom. The molecule has 0 bridgehead atoms. The molecule has 1 saturated heterocycles. The fourth-order valence-corrected chi connectivity index (χ4v) is 12.8. The molecule has 0 saturated carbocycles. The van der Waals surface area contributed by atoms with Crippen LogP contribution in [0.4, 0.5) is 0 Å². The van der Waals surface area contributed by atoms with Crippen LogP contribution in [0, 0.1) is 29.6 Å². The number of carboxylic acids is 1. The highest BCUT2D eigenvalue weighted by Gasteiger charge is 2.41. The Labute approximate surface area is 686 Å². The van der Waals surface area contributed by atoms with Gasteiger partial charge in [0.1, 0.15) is 72.5 Å². The predicted molar refractivity (Wildman–Crippen MR) is 442 cm³/mol. The third kappa shape index (κ3) is 36.8. The van der Waals surface area contributed by atoms with Gasteiger partial charge in [-0.15, -0.1) is 11.8 Å². The molecule has 1 fully saturated rings. The van der Waals surface area contributed by atoms with Gasteiger partial charge in [-0.25, -0.2) is 0 Å². The number of thioether (sulfide) groups is 1. The van der Waals surface area contributed by atoms with Gasteiger partial charge < -0.3 is 114 Å². The minimum absolute atomic E-state index is 0.00916. The SMILES string of the molecule is C=C(CCN=C(N)N)C1NC(=O)C(CC(=O)O)NC(=O)C(CCCN=C(N)N)NC(=O)C(C(C)CC)NC(=O)C(C(C)C)NC(=O)C(C(C)CC)NC(=O)C(CCC(C)C)NC(=O)C(Cc2ccccc2)NC(=O)CSCC(C(=O)NCC(N)=O)NC(=O)C(CCCN=C(N)N)NC(=O)C(Cc2ccccc2)NC(=O)C(C(C)C)NC1=O. The Morgan fingerprint density at radius 3 is 1.31 bits per heavy atom. The molecule has 1 aliphatic rings. The van der Waals surface area contributed by atoms with Crippen molar-refractivity contribution < 1.29 is 77.0 Å². The van der Waals surface area contributed by atoms with Gasteiger partial charge in [0.15, 0.2) is 17.9 Å². The maximum absolute atomic E-state index is 15.0. The molecule has 2 aromatic rings. The van der Waals surface area contributed by atoms with Gasteiger partial charge in [0, 0.05) is 38.2 Å². The molecule has 648 valence electrons. The molecule has 14 atom stereocenters. The Morgan fingerprint density at radius 2 is 0.846 bits per heavy atom. The molecule has 1 heterocycles. The van der Waals surface area contributed by atoms with Crippen molar-refractivity contribution in [2.45, 2.75) is 219 Å². The van der Waals surface area contributed by atoms with Gasteiger partial charge >= 0.3 is 5.97 Å². The highest BCUT2D eigenvalue weighted by molar-refractivity contribution is 8.00. The van der Waals surface area contributed by atoms with Crippen molar-refractivity contribution in [1.82, 2.24) is 69.1 Å². The van der Waals surface area contributed by atoms with Gasteiger partial charge in [-0.1, -0.05) is 149 Å². The van der Waals surface area contributed by atoms with E-state index >= 15 is 4.79 Å². The van der Waals surface area contributed by atoms with E-state index < -0.39 is 209 Å². The fourth-order valence-electron chi connectivity index (χ4n) is 11.9. The first-order valence-corrected chi connectivity index (χ1v) is 40.2. The van der Waals surface area contributed by atoms with Crippen molar-refractivity contribution in [2.75, 3.05) is 37.7 Å². The third-order valence-electron chi connectivity index (χ3n) is 19.0. The van der Waals surface area contributed by atoms with Crippen LogP contribution in [0.15, 0.2) is 87.8 Å². The number of nitrogens with two attached hydrogens (primary N) is 7. The number of nitrogens with zero attached hydrogens (tertiary/aromatic N) is 3. The first-order valence-electron chi connectivity index (χ1n) is 39.1. The minimum atomic E-state index is -2.06. The molecular weight excluding hydrogens is 1540 g/mol. The number of aliphatic carboxylic acids is 1. The molecule has 1 aliphatic heterocycles. The number of aliphatic imine (C=N–C) groups is 3. The lowest BCUT2D eigenvalue weighted by molar-refractivity contribution is -0.141. The lowest BCUT2D eigenvalue weighted by Crippen LogP contribution is -2.63. The number of carboxylic acid groups (broad SMARTS) is 1. The van der Waals surface area contributed by atoms with Gasteiger partial charge in [-0.05, 0) is 91.2 Å². The Balaban J connectivity index is 2.43. The summed E-state index contributed by atoms with van der Waals surface area (Å²) in [5, 5.41) is 44.5. The van der Waals surface area contributed by atoms with Crippen LogP contribution in [-0.2, 0) is 84.8 Å². The van der Waals surface area contributed by atoms with Crippen molar-refractivity contribution >= 4 is 118 Å². The van der Waals surface area contributed by atoms with E-state index in [1.807, 2.05) is 13.8 Å². The average Bonchev–Trinajstić information content (AvgIpc) is 0.841. The molecule has 3 rings (SSSR count). The molecule has 28 N–H and O–H groups in total. The maximum atomic E-state index is 15.0. The van der Waals surface area contributed by atoms with E-state index in [2.05, 4.69) is 90.7 Å². The fraction of sp³-hybridized carbons (Fsp3) is 0.584.